The fourth-order valence-corrected chi connectivity index (χ4v) is 2.77. The van der Waals surface area contributed by atoms with Gasteiger partial charge in [0.25, 0.3) is 0 Å². The Bertz CT molecular complexity index is 136. The fourth-order valence-electron chi connectivity index (χ4n) is 2.77. The minimum atomic E-state index is 0.554. The normalized spacial score (nSPS) is 31.4. The Morgan fingerprint density at radius 2 is 1.55 bits per heavy atom. The lowest BCUT2D eigenvalue weighted by atomic mass is 9.80. The average molecular weight is 152 g/mol. The van der Waals surface area contributed by atoms with Crippen molar-refractivity contribution < 1.29 is 0 Å². The molecule has 1 heterocycles. The minimum absolute atomic E-state index is 0.554. The van der Waals surface area contributed by atoms with Crippen LogP contribution in [-0.4, -0.2) is 17.0 Å². The Morgan fingerprint density at radius 3 is 2.09 bits per heavy atom. The average Bonchev–Trinajstić information content (AvgIpc) is 2.36. The highest BCUT2D eigenvalue weighted by molar-refractivity contribution is 4.97. The van der Waals surface area contributed by atoms with Gasteiger partial charge >= 0.3 is 0 Å². The lowest BCUT2D eigenvalue weighted by Gasteiger charge is -2.45. The monoisotopic (exact) mass is 152 g/mol. The Labute approximate surface area is 69.8 Å². The van der Waals surface area contributed by atoms with E-state index in [0.717, 1.165) is 0 Å². The quantitative estimate of drug-likeness (QED) is 0.482. The molecule has 1 aliphatic carbocycles. The summed E-state index contributed by atoms with van der Waals surface area (Å²) in [6, 6.07) is 0. The first-order valence-corrected chi connectivity index (χ1v) is 4.92. The van der Waals surface area contributed by atoms with Crippen LogP contribution in [0.2, 0.25) is 0 Å². The third-order valence-corrected chi connectivity index (χ3v) is 3.53. The van der Waals surface area contributed by atoms with Gasteiger partial charge in [-0.2, -0.15) is 0 Å². The molecule has 0 bridgehead atoms. The molecule has 11 heavy (non-hydrogen) atoms. The Hall–Kier alpha value is -0.0400. The van der Waals surface area contributed by atoms with E-state index in [1.807, 2.05) is 0 Å². The van der Waals surface area contributed by atoms with Gasteiger partial charge in [-0.25, -0.2) is 0 Å². The van der Waals surface area contributed by atoms with Crippen LogP contribution < -0.4 is 0 Å². The van der Waals surface area contributed by atoms with Crippen LogP contribution in [0.4, 0.5) is 0 Å². The first kappa shape index (κ1) is 7.60. The third kappa shape index (κ3) is 1.20. The Kier molecular flexibility index (Phi) is 1.92. The van der Waals surface area contributed by atoms with Crippen molar-refractivity contribution in [2.75, 3.05) is 6.54 Å². The molecule has 1 heteroatoms. The molecule has 2 rings (SSSR count). The molecular formula is C10H18N-. The predicted octanol–water partition coefficient (Wildman–Crippen LogP) is 2.58. The highest BCUT2D eigenvalue weighted by Gasteiger charge is 2.35. The maximum absolute atomic E-state index is 4.15. The second-order valence-corrected chi connectivity index (χ2v) is 4.15. The molecule has 2 aliphatic rings. The van der Waals surface area contributed by atoms with Gasteiger partial charge in [-0.3, -0.25) is 7.05 Å². The van der Waals surface area contributed by atoms with Crippen LogP contribution in [0.1, 0.15) is 44.9 Å². The molecule has 1 nitrogen and oxygen atoms in total. The third-order valence-electron chi connectivity index (χ3n) is 3.53. The van der Waals surface area contributed by atoms with E-state index in [4.69, 9.17) is 0 Å². The number of likely N-dealkylation sites (tertiary alicyclic amines) is 1. The summed E-state index contributed by atoms with van der Waals surface area (Å²) >= 11 is 0. The molecule has 1 aliphatic heterocycles. The maximum atomic E-state index is 4.15. The highest BCUT2D eigenvalue weighted by Crippen LogP contribution is 2.40. The summed E-state index contributed by atoms with van der Waals surface area (Å²) in [6.45, 7) is 1.24. The summed E-state index contributed by atoms with van der Waals surface area (Å²) in [5.41, 5.74) is 0.554. The van der Waals surface area contributed by atoms with Crippen molar-refractivity contribution >= 4 is 0 Å². The van der Waals surface area contributed by atoms with Crippen LogP contribution in [0, 0.1) is 7.05 Å². The topological polar surface area (TPSA) is 3.24 Å². The Balaban J connectivity index is 2.06. The number of rotatable bonds is 0. The second-order valence-electron chi connectivity index (χ2n) is 4.15. The first-order chi connectivity index (χ1) is 5.33. The van der Waals surface area contributed by atoms with E-state index in [-0.39, 0.29) is 0 Å². The van der Waals surface area contributed by atoms with Gasteiger partial charge in [-0.1, -0.05) is 19.3 Å². The zero-order valence-corrected chi connectivity index (χ0v) is 7.31. The molecular weight excluding hydrogens is 134 g/mol. The summed E-state index contributed by atoms with van der Waals surface area (Å²) < 4.78 is 0. The van der Waals surface area contributed by atoms with Crippen molar-refractivity contribution in [1.82, 2.24) is 4.90 Å². The van der Waals surface area contributed by atoms with Crippen molar-refractivity contribution in [3.63, 3.8) is 0 Å². The van der Waals surface area contributed by atoms with E-state index in [2.05, 4.69) is 11.9 Å². The van der Waals surface area contributed by atoms with Crippen LogP contribution in [-0.2, 0) is 0 Å². The fraction of sp³-hybridized carbons (Fsp3) is 0.900. The second kappa shape index (κ2) is 2.78. The largest absolute Gasteiger partial charge is 0.454 e. The van der Waals surface area contributed by atoms with Crippen molar-refractivity contribution in [2.24, 2.45) is 0 Å². The first-order valence-electron chi connectivity index (χ1n) is 4.92. The molecule has 0 aromatic carbocycles. The van der Waals surface area contributed by atoms with Gasteiger partial charge in [-0.15, -0.1) is 0 Å². The summed E-state index contributed by atoms with van der Waals surface area (Å²) in [5.74, 6) is 0. The number of nitrogens with zero attached hydrogens (tertiary/aromatic N) is 1. The lowest BCUT2D eigenvalue weighted by Crippen LogP contribution is -2.41. The highest BCUT2D eigenvalue weighted by atomic mass is 15.2. The molecule has 2 fully saturated rings. The molecule has 0 aromatic heterocycles. The van der Waals surface area contributed by atoms with Gasteiger partial charge in [0.05, 0.1) is 0 Å². The maximum Gasteiger partial charge on any atom is -0.00670 e. The molecule has 0 aromatic rings. The Morgan fingerprint density at radius 1 is 0.909 bits per heavy atom. The number of hydrogen-bond donors (Lipinski definition) is 0. The summed E-state index contributed by atoms with van der Waals surface area (Å²) in [4.78, 5) is 2.37. The SMILES string of the molecule is [CH2-]N1CCCC12CCCCC2. The summed E-state index contributed by atoms with van der Waals surface area (Å²) in [5, 5.41) is 0. The van der Waals surface area contributed by atoms with Gasteiger partial charge in [0.15, 0.2) is 0 Å². The van der Waals surface area contributed by atoms with Gasteiger partial charge in [0.2, 0.25) is 0 Å². The van der Waals surface area contributed by atoms with E-state index in [0.29, 0.717) is 5.54 Å². The van der Waals surface area contributed by atoms with Gasteiger partial charge in [0.1, 0.15) is 0 Å². The molecule has 0 unspecified atom stereocenters. The molecule has 0 atom stereocenters. The lowest BCUT2D eigenvalue weighted by molar-refractivity contribution is 0.138. The molecule has 0 radical (unpaired) electrons. The van der Waals surface area contributed by atoms with Crippen LogP contribution in [0.25, 0.3) is 0 Å². The standard InChI is InChI=1S/C10H18N/c1-11-9-5-8-10(11)6-3-2-4-7-10/h1-9H2/q-1. The van der Waals surface area contributed by atoms with E-state index in [9.17, 15) is 0 Å². The zero-order chi connectivity index (χ0) is 7.73. The molecule has 1 spiro atoms. The van der Waals surface area contributed by atoms with Crippen molar-refractivity contribution in [2.45, 2.75) is 50.5 Å². The molecule has 1 saturated carbocycles. The van der Waals surface area contributed by atoms with E-state index in [1.54, 1.807) is 0 Å². The molecule has 1 saturated heterocycles. The summed E-state index contributed by atoms with van der Waals surface area (Å²) in [6.07, 6.45) is 9.95. The summed E-state index contributed by atoms with van der Waals surface area (Å²) in [7, 11) is 4.15. The molecule has 0 amide bonds. The van der Waals surface area contributed by atoms with Crippen molar-refractivity contribution in [1.29, 1.82) is 0 Å². The van der Waals surface area contributed by atoms with Crippen molar-refractivity contribution in [3.05, 3.63) is 7.05 Å². The van der Waals surface area contributed by atoms with Gasteiger partial charge < -0.3 is 4.90 Å². The van der Waals surface area contributed by atoms with Crippen LogP contribution in [0.15, 0.2) is 0 Å². The van der Waals surface area contributed by atoms with Crippen LogP contribution >= 0.6 is 0 Å². The van der Waals surface area contributed by atoms with Gasteiger partial charge in [-0.05, 0) is 37.8 Å². The van der Waals surface area contributed by atoms with E-state index in [1.165, 1.54) is 51.5 Å². The zero-order valence-electron chi connectivity index (χ0n) is 7.31. The smallest absolute Gasteiger partial charge is 0.00670 e. The van der Waals surface area contributed by atoms with Crippen molar-refractivity contribution in [3.8, 4) is 0 Å². The molecule has 64 valence electrons. The van der Waals surface area contributed by atoms with Gasteiger partial charge in [0, 0.05) is 0 Å². The van der Waals surface area contributed by atoms with Crippen LogP contribution in [0.5, 0.6) is 0 Å². The predicted molar refractivity (Wildman–Crippen MR) is 47.1 cm³/mol. The number of hydrogen-bond acceptors (Lipinski definition) is 1. The van der Waals surface area contributed by atoms with E-state index >= 15 is 0 Å². The van der Waals surface area contributed by atoms with Crippen LogP contribution in [0.3, 0.4) is 0 Å². The van der Waals surface area contributed by atoms with E-state index < -0.39 is 0 Å². The molecule has 0 N–H and O–H groups in total. The minimum Gasteiger partial charge on any atom is -0.454 e.